The van der Waals surface area contributed by atoms with Crippen LogP contribution in [-0.2, 0) is 31.1 Å². The maximum Gasteiger partial charge on any atom is -1.00 e. The molecule has 4 unspecified atom stereocenters. The van der Waals surface area contributed by atoms with Crippen molar-refractivity contribution in [3.05, 3.63) is 129 Å². The molecule has 0 N–H and O–H groups in total. The maximum atomic E-state index is 2.75. The number of allylic oxidation sites excluding steroid dienone is 2. The molecule has 0 nitrogen and oxygen atoms in total. The predicted octanol–water partition coefficient (Wildman–Crippen LogP) is 9.90. The van der Waals surface area contributed by atoms with E-state index >= 15 is 0 Å². The Labute approximate surface area is 351 Å². The van der Waals surface area contributed by atoms with Gasteiger partial charge >= 0.3 is 329 Å². The normalized spacial score (nSPS) is 22.6. The summed E-state index contributed by atoms with van der Waals surface area (Å²) in [6.45, 7) is 18.7. The molecule has 2 fully saturated rings. The molecule has 4 aliphatic rings. The van der Waals surface area contributed by atoms with Crippen molar-refractivity contribution in [2.24, 2.45) is 0 Å². The van der Waals surface area contributed by atoms with Crippen molar-refractivity contribution < 1.29 is 45.1 Å². The van der Waals surface area contributed by atoms with Gasteiger partial charge in [0.2, 0.25) is 0 Å². The number of halogens is 2. The van der Waals surface area contributed by atoms with Crippen LogP contribution in [0.1, 0.15) is 160 Å². The van der Waals surface area contributed by atoms with Crippen molar-refractivity contribution in [2.45, 2.75) is 145 Å². The first-order valence-corrected chi connectivity index (χ1v) is 27.0. The van der Waals surface area contributed by atoms with Crippen LogP contribution in [0.15, 0.2) is 96.1 Å². The molecular formula is C52H64Cl2Zr. The summed E-state index contributed by atoms with van der Waals surface area (Å²) < 4.78 is 3.40. The average molecular weight is 851 g/mol. The van der Waals surface area contributed by atoms with E-state index < -0.39 is 20.3 Å². The molecule has 4 aromatic rings. The molecule has 0 aromatic heterocycles. The van der Waals surface area contributed by atoms with Gasteiger partial charge < -0.3 is 24.8 Å². The Morgan fingerprint density at radius 3 is 1.25 bits per heavy atom. The molecule has 0 radical (unpaired) electrons. The van der Waals surface area contributed by atoms with E-state index in [0.717, 1.165) is 7.25 Å². The van der Waals surface area contributed by atoms with Crippen LogP contribution < -0.4 is 24.8 Å². The van der Waals surface area contributed by atoms with E-state index in [1.807, 2.05) is 11.1 Å². The van der Waals surface area contributed by atoms with Gasteiger partial charge in [-0.2, -0.15) is 0 Å². The van der Waals surface area contributed by atoms with Crippen molar-refractivity contribution in [3.63, 3.8) is 0 Å². The fourth-order valence-corrected chi connectivity index (χ4v) is 34.5. The summed E-state index contributed by atoms with van der Waals surface area (Å²) in [6, 6.07) is 34.1. The van der Waals surface area contributed by atoms with E-state index in [9.17, 15) is 0 Å². The van der Waals surface area contributed by atoms with Crippen molar-refractivity contribution in [1.29, 1.82) is 0 Å². The molecule has 0 bridgehead atoms. The van der Waals surface area contributed by atoms with Gasteiger partial charge in [0, 0.05) is 0 Å². The fraction of sp³-hybridized carbons (Fsp3) is 0.462. The van der Waals surface area contributed by atoms with Gasteiger partial charge in [-0.05, 0) is 0 Å². The van der Waals surface area contributed by atoms with Crippen LogP contribution >= 0.6 is 0 Å². The molecular weight excluding hydrogens is 787 g/mol. The molecule has 0 amide bonds. The molecule has 4 aromatic carbocycles. The van der Waals surface area contributed by atoms with Gasteiger partial charge in [-0.25, -0.2) is 0 Å². The molecule has 1 saturated carbocycles. The molecule has 3 aliphatic carbocycles. The number of benzene rings is 4. The van der Waals surface area contributed by atoms with E-state index in [2.05, 4.69) is 152 Å². The van der Waals surface area contributed by atoms with Gasteiger partial charge in [0.25, 0.3) is 0 Å². The van der Waals surface area contributed by atoms with Crippen LogP contribution in [0.3, 0.4) is 0 Å². The van der Waals surface area contributed by atoms with Gasteiger partial charge in [0.05, 0.1) is 0 Å². The van der Waals surface area contributed by atoms with Crippen LogP contribution in [0.2, 0.25) is 7.25 Å². The Morgan fingerprint density at radius 1 is 0.527 bits per heavy atom. The quantitative estimate of drug-likeness (QED) is 0.149. The molecule has 55 heavy (non-hydrogen) atoms. The van der Waals surface area contributed by atoms with E-state index in [1.54, 1.807) is 22.3 Å². The predicted molar refractivity (Wildman–Crippen MR) is 228 cm³/mol. The Bertz CT molecular complexity index is 1890. The van der Waals surface area contributed by atoms with Crippen molar-refractivity contribution in [3.8, 4) is 22.3 Å². The minimum Gasteiger partial charge on any atom is -1.00 e. The number of hydrogen-bond donors (Lipinski definition) is 0. The summed E-state index contributed by atoms with van der Waals surface area (Å²) in [7, 11) is 0. The summed E-state index contributed by atoms with van der Waals surface area (Å²) >= 11 is -3.10. The molecule has 1 heterocycles. The van der Waals surface area contributed by atoms with Gasteiger partial charge in [-0.1, -0.05) is 0 Å². The summed E-state index contributed by atoms with van der Waals surface area (Å²) in [4.78, 5) is 0. The zero-order valence-electron chi connectivity index (χ0n) is 34.9. The van der Waals surface area contributed by atoms with Crippen molar-refractivity contribution in [2.75, 3.05) is 0 Å². The van der Waals surface area contributed by atoms with Gasteiger partial charge in [-0.15, -0.1) is 0 Å². The van der Waals surface area contributed by atoms with E-state index in [0.29, 0.717) is 7.25 Å². The summed E-state index contributed by atoms with van der Waals surface area (Å²) in [5, 5.41) is 0. The van der Waals surface area contributed by atoms with E-state index in [1.165, 1.54) is 97.6 Å². The third-order valence-electron chi connectivity index (χ3n) is 14.0. The van der Waals surface area contributed by atoms with Crippen LogP contribution in [0.4, 0.5) is 0 Å². The van der Waals surface area contributed by atoms with Crippen molar-refractivity contribution in [1.82, 2.24) is 0 Å². The maximum absolute atomic E-state index is 3.10. The minimum atomic E-state index is -3.10. The second kappa shape index (κ2) is 16.6. The first-order valence-electron chi connectivity index (χ1n) is 21.4. The standard InChI is InChI=1S/2C23H27.C6H10.2ClH.Zr/c2*1-5-6-8-17-15-19-9-7-10-21(22(19)16-17)18-11-13-20(14-12-18)23(2,3)4;1-2-4-6-5-3-1;;;/h2*7,9-16H,5-6,8H2,1-4H3;1-2H,3-6H2;2*1H;/q;;;;;+2/p-2. The second-order valence-corrected chi connectivity index (χ2v) is 30.7. The molecule has 8 rings (SSSR count). The molecule has 1 saturated heterocycles. The van der Waals surface area contributed by atoms with Gasteiger partial charge in [-0.3, -0.25) is 0 Å². The third kappa shape index (κ3) is 7.52. The summed E-state index contributed by atoms with van der Waals surface area (Å²) in [6.07, 6.45) is 19.1. The minimum absolute atomic E-state index is 0. The first kappa shape index (κ1) is 42.4. The monoisotopic (exact) mass is 848 g/mol. The van der Waals surface area contributed by atoms with Crippen LogP contribution in [0, 0.1) is 0 Å². The molecule has 290 valence electrons. The van der Waals surface area contributed by atoms with E-state index in [4.69, 9.17) is 0 Å². The Kier molecular flexibility index (Phi) is 12.8. The summed E-state index contributed by atoms with van der Waals surface area (Å²) in [5.74, 6) is 0. The van der Waals surface area contributed by atoms with Crippen LogP contribution in [0.5, 0.6) is 0 Å². The topological polar surface area (TPSA) is 0 Å². The molecule has 1 aliphatic heterocycles. The van der Waals surface area contributed by atoms with Gasteiger partial charge in [0.1, 0.15) is 0 Å². The molecule has 3 heteroatoms. The smallest absolute Gasteiger partial charge is 1.00 e. The second-order valence-electron chi connectivity index (χ2n) is 19.3. The number of fused-ring (bicyclic) bond motifs is 3. The van der Waals surface area contributed by atoms with E-state index in [-0.39, 0.29) is 35.6 Å². The first-order chi connectivity index (χ1) is 25.5. The average Bonchev–Trinajstić information content (AvgIpc) is 3.42. The number of hydrogen-bond acceptors (Lipinski definition) is 0. The number of rotatable bonds is 10. The van der Waals surface area contributed by atoms with Gasteiger partial charge in [0.15, 0.2) is 0 Å². The molecule has 4 atom stereocenters. The van der Waals surface area contributed by atoms with Crippen molar-refractivity contribution >= 4 is 12.2 Å². The zero-order valence-corrected chi connectivity index (χ0v) is 38.8. The SMILES string of the molecule is CCCCC1=Cc2c(-c3ccc(C(C)(C)C)cc3)cccc2[CH]1[Zr+2]1([CH]2C(CCCC)=Cc3c(-c4ccc(C(C)(C)C)cc4)cccc32)[CH]2CCCC[CH]21.[Cl-].[Cl-]. The largest absolute Gasteiger partial charge is 1.00 e. The number of unbranched alkanes of at least 4 members (excludes halogenated alkanes) is 2. The molecule has 0 spiro atoms. The third-order valence-corrected chi connectivity index (χ3v) is 31.0. The van der Waals surface area contributed by atoms with Crippen LogP contribution in [0.25, 0.3) is 34.4 Å². The zero-order chi connectivity index (χ0) is 37.1. The summed E-state index contributed by atoms with van der Waals surface area (Å²) in [5.41, 5.74) is 19.1. The Morgan fingerprint density at radius 2 is 0.909 bits per heavy atom. The Hall–Kier alpha value is -2.18. The Balaban J connectivity index is 0.00000257. The fourth-order valence-electron chi connectivity index (χ4n) is 11.3. The van der Waals surface area contributed by atoms with Crippen LogP contribution in [-0.4, -0.2) is 0 Å².